The largest absolute Gasteiger partial charge is 0.490 e. The normalized spacial score (nSPS) is 21.4. The lowest BCUT2D eigenvalue weighted by molar-refractivity contribution is 0.150. The predicted molar refractivity (Wildman–Crippen MR) is 59.9 cm³/mol. The topological polar surface area (TPSA) is 38.7 Å². The van der Waals surface area contributed by atoms with Crippen molar-refractivity contribution in [1.29, 1.82) is 0 Å². The number of hydrogen-bond donors (Lipinski definition) is 1. The number of aryl methyl sites for hydroxylation is 1. The highest BCUT2D eigenvalue weighted by atomic mass is 16.5. The van der Waals surface area contributed by atoms with Crippen molar-refractivity contribution in [1.82, 2.24) is 0 Å². The Hall–Kier alpha value is -1.22. The highest BCUT2D eigenvalue weighted by Crippen LogP contribution is 2.49. The molecule has 0 unspecified atom stereocenters. The van der Waals surface area contributed by atoms with Crippen molar-refractivity contribution < 1.29 is 14.6 Å². The Balaban J connectivity index is 2.05. The van der Waals surface area contributed by atoms with E-state index in [0.29, 0.717) is 13.2 Å². The summed E-state index contributed by atoms with van der Waals surface area (Å²) in [7, 11) is 0. The maximum absolute atomic E-state index is 10.2. The molecule has 1 N–H and O–H groups in total. The number of benzene rings is 1. The van der Waals surface area contributed by atoms with Crippen LogP contribution in [0.4, 0.5) is 0 Å². The van der Waals surface area contributed by atoms with Crippen molar-refractivity contribution in [3.63, 3.8) is 0 Å². The first-order valence-corrected chi connectivity index (χ1v) is 5.82. The van der Waals surface area contributed by atoms with E-state index in [1.54, 1.807) is 0 Å². The molecule has 0 amide bonds. The molecule has 2 aliphatic rings. The third-order valence-electron chi connectivity index (χ3n) is 3.32. The van der Waals surface area contributed by atoms with E-state index in [1.165, 1.54) is 0 Å². The zero-order chi connectivity index (χ0) is 11.2. The van der Waals surface area contributed by atoms with E-state index in [9.17, 15) is 5.11 Å². The molecule has 3 nitrogen and oxygen atoms in total. The third-order valence-corrected chi connectivity index (χ3v) is 3.32. The lowest BCUT2D eigenvalue weighted by Crippen LogP contribution is -2.07. The van der Waals surface area contributed by atoms with Gasteiger partial charge in [0.2, 0.25) is 0 Å². The fraction of sp³-hybridized carbons (Fsp3) is 0.538. The molecule has 0 aromatic heterocycles. The van der Waals surface area contributed by atoms with Crippen LogP contribution in [-0.2, 0) is 5.60 Å². The van der Waals surface area contributed by atoms with E-state index in [2.05, 4.69) is 0 Å². The zero-order valence-electron chi connectivity index (χ0n) is 9.45. The molecule has 0 radical (unpaired) electrons. The molecule has 1 aromatic carbocycles. The maximum atomic E-state index is 10.2. The lowest BCUT2D eigenvalue weighted by atomic mass is 10.0. The average Bonchev–Trinajstić information content (AvgIpc) is 3.01. The van der Waals surface area contributed by atoms with Crippen LogP contribution in [0.2, 0.25) is 0 Å². The second kappa shape index (κ2) is 3.39. The zero-order valence-corrected chi connectivity index (χ0v) is 9.45. The summed E-state index contributed by atoms with van der Waals surface area (Å²) in [6.45, 7) is 3.41. The van der Waals surface area contributed by atoms with E-state index in [0.717, 1.165) is 41.9 Å². The molecule has 0 bridgehead atoms. The fourth-order valence-electron chi connectivity index (χ4n) is 2.20. The van der Waals surface area contributed by atoms with Crippen molar-refractivity contribution in [2.24, 2.45) is 0 Å². The minimum absolute atomic E-state index is 0.602. The number of hydrogen-bond acceptors (Lipinski definition) is 3. The number of fused-ring (bicyclic) bond motifs is 1. The van der Waals surface area contributed by atoms with Crippen molar-refractivity contribution in [3.8, 4) is 11.5 Å². The Kier molecular flexibility index (Phi) is 2.11. The molecular weight excluding hydrogens is 204 g/mol. The van der Waals surface area contributed by atoms with Gasteiger partial charge in [-0.1, -0.05) is 0 Å². The summed E-state index contributed by atoms with van der Waals surface area (Å²) in [5, 5.41) is 10.2. The second-order valence-electron chi connectivity index (χ2n) is 4.70. The third kappa shape index (κ3) is 1.55. The van der Waals surface area contributed by atoms with Crippen LogP contribution >= 0.6 is 0 Å². The molecule has 0 saturated heterocycles. The van der Waals surface area contributed by atoms with Gasteiger partial charge in [0.05, 0.1) is 18.8 Å². The minimum Gasteiger partial charge on any atom is -0.490 e. The lowest BCUT2D eigenvalue weighted by Gasteiger charge is -2.15. The van der Waals surface area contributed by atoms with Gasteiger partial charge in [-0.25, -0.2) is 0 Å². The van der Waals surface area contributed by atoms with Crippen LogP contribution in [0.5, 0.6) is 11.5 Å². The maximum Gasteiger partial charge on any atom is 0.161 e. The van der Waals surface area contributed by atoms with Crippen LogP contribution in [-0.4, -0.2) is 18.3 Å². The van der Waals surface area contributed by atoms with Gasteiger partial charge in [-0.15, -0.1) is 0 Å². The molecule has 1 saturated carbocycles. The molecule has 1 fully saturated rings. The Morgan fingerprint density at radius 3 is 2.38 bits per heavy atom. The van der Waals surface area contributed by atoms with Crippen LogP contribution in [0, 0.1) is 6.92 Å². The number of aliphatic hydroxyl groups is 1. The molecule has 16 heavy (non-hydrogen) atoms. The van der Waals surface area contributed by atoms with Gasteiger partial charge in [0.25, 0.3) is 0 Å². The van der Waals surface area contributed by atoms with Crippen LogP contribution in [0.1, 0.15) is 30.4 Å². The SMILES string of the molecule is Cc1cc2c(cc1C1(O)CC1)OCCCO2. The molecule has 1 aliphatic heterocycles. The molecule has 86 valence electrons. The average molecular weight is 220 g/mol. The minimum atomic E-state index is -0.602. The van der Waals surface area contributed by atoms with Gasteiger partial charge >= 0.3 is 0 Å². The second-order valence-corrected chi connectivity index (χ2v) is 4.70. The van der Waals surface area contributed by atoms with Crippen LogP contribution in [0.15, 0.2) is 12.1 Å². The van der Waals surface area contributed by atoms with Gasteiger partial charge in [-0.3, -0.25) is 0 Å². The molecule has 0 atom stereocenters. The van der Waals surface area contributed by atoms with Gasteiger partial charge in [-0.2, -0.15) is 0 Å². The highest BCUT2D eigenvalue weighted by molar-refractivity contribution is 5.50. The summed E-state index contributed by atoms with van der Waals surface area (Å²) >= 11 is 0. The summed E-state index contributed by atoms with van der Waals surface area (Å²) in [4.78, 5) is 0. The van der Waals surface area contributed by atoms with Gasteiger partial charge < -0.3 is 14.6 Å². The summed E-state index contributed by atoms with van der Waals surface area (Å²) in [6, 6.07) is 3.93. The summed E-state index contributed by atoms with van der Waals surface area (Å²) < 4.78 is 11.2. The highest BCUT2D eigenvalue weighted by Gasteiger charge is 2.43. The smallest absolute Gasteiger partial charge is 0.161 e. The molecule has 3 rings (SSSR count). The molecular formula is C13H16O3. The standard InChI is InChI=1S/C13H16O3/c1-9-7-11-12(16-6-2-5-15-11)8-10(9)13(14)3-4-13/h7-8,14H,2-6H2,1H3. The Bertz CT molecular complexity index is 421. The Morgan fingerprint density at radius 1 is 1.12 bits per heavy atom. The molecule has 1 aliphatic carbocycles. The molecule has 0 spiro atoms. The van der Waals surface area contributed by atoms with Gasteiger partial charge in [-0.05, 0) is 43.0 Å². The molecule has 1 aromatic rings. The Labute approximate surface area is 95.0 Å². The molecule has 1 heterocycles. The van der Waals surface area contributed by atoms with E-state index in [1.807, 2.05) is 19.1 Å². The number of rotatable bonds is 1. The van der Waals surface area contributed by atoms with Crippen LogP contribution in [0.3, 0.4) is 0 Å². The van der Waals surface area contributed by atoms with Gasteiger partial charge in [0, 0.05) is 6.42 Å². The first-order chi connectivity index (χ1) is 7.69. The van der Waals surface area contributed by atoms with Crippen molar-refractivity contribution in [3.05, 3.63) is 23.3 Å². The van der Waals surface area contributed by atoms with E-state index in [-0.39, 0.29) is 0 Å². The molecule has 3 heteroatoms. The van der Waals surface area contributed by atoms with E-state index < -0.39 is 5.60 Å². The summed E-state index contributed by atoms with van der Waals surface area (Å²) in [5.41, 5.74) is 1.48. The van der Waals surface area contributed by atoms with Crippen LogP contribution in [0.25, 0.3) is 0 Å². The van der Waals surface area contributed by atoms with Crippen molar-refractivity contribution in [2.45, 2.75) is 31.8 Å². The first-order valence-electron chi connectivity index (χ1n) is 5.82. The first kappa shape index (κ1) is 9.97. The van der Waals surface area contributed by atoms with Crippen molar-refractivity contribution >= 4 is 0 Å². The van der Waals surface area contributed by atoms with Crippen molar-refractivity contribution in [2.75, 3.05) is 13.2 Å². The predicted octanol–water partition coefficient (Wildman–Crippen LogP) is 2.14. The van der Waals surface area contributed by atoms with Gasteiger partial charge in [0.1, 0.15) is 0 Å². The monoisotopic (exact) mass is 220 g/mol. The summed E-state index contributed by atoms with van der Waals surface area (Å²) in [6.07, 6.45) is 2.62. The summed E-state index contributed by atoms with van der Waals surface area (Å²) in [5.74, 6) is 1.58. The quantitative estimate of drug-likeness (QED) is 0.788. The Morgan fingerprint density at radius 2 is 1.75 bits per heavy atom. The number of ether oxygens (including phenoxy) is 2. The van der Waals surface area contributed by atoms with E-state index in [4.69, 9.17) is 9.47 Å². The van der Waals surface area contributed by atoms with Crippen LogP contribution < -0.4 is 9.47 Å². The van der Waals surface area contributed by atoms with E-state index >= 15 is 0 Å². The van der Waals surface area contributed by atoms with Gasteiger partial charge in [0.15, 0.2) is 11.5 Å². The fourth-order valence-corrected chi connectivity index (χ4v) is 2.20.